The first-order valence-corrected chi connectivity index (χ1v) is 9.54. The molecule has 2 saturated heterocycles. The number of hydrogen-bond acceptors (Lipinski definition) is 5. The van der Waals surface area contributed by atoms with Gasteiger partial charge in [-0.15, -0.1) is 0 Å². The van der Waals surface area contributed by atoms with Crippen molar-refractivity contribution in [3.8, 4) is 6.07 Å². The summed E-state index contributed by atoms with van der Waals surface area (Å²) in [5.41, 5.74) is 1.81. The van der Waals surface area contributed by atoms with Crippen molar-refractivity contribution in [3.63, 3.8) is 0 Å². The van der Waals surface area contributed by atoms with Crippen LogP contribution in [0.1, 0.15) is 36.9 Å². The molecule has 0 aliphatic carbocycles. The summed E-state index contributed by atoms with van der Waals surface area (Å²) in [6, 6.07) is 5.79. The highest BCUT2D eigenvalue weighted by atomic mass is 16.2. The number of aromatic amines is 1. The highest BCUT2D eigenvalue weighted by Gasteiger charge is 2.41. The van der Waals surface area contributed by atoms with E-state index in [1.165, 1.54) is 0 Å². The number of nitrogens with one attached hydrogen (secondary N) is 1. The normalized spacial score (nSPS) is 22.9. The molecule has 1 spiro atoms. The van der Waals surface area contributed by atoms with Crippen LogP contribution >= 0.6 is 0 Å². The summed E-state index contributed by atoms with van der Waals surface area (Å²) in [4.78, 5) is 28.4. The topological polar surface area (TPSA) is 88.9 Å². The van der Waals surface area contributed by atoms with E-state index in [2.05, 4.69) is 25.9 Å². The number of piperidine rings is 2. The van der Waals surface area contributed by atoms with Crippen molar-refractivity contribution in [3.05, 3.63) is 42.1 Å². The van der Waals surface area contributed by atoms with Crippen LogP contribution in [0.4, 0.5) is 5.82 Å². The predicted molar refractivity (Wildman–Crippen MR) is 101 cm³/mol. The first kappa shape index (κ1) is 17.5. The highest BCUT2D eigenvalue weighted by Crippen LogP contribution is 2.40. The Balaban J connectivity index is 1.46. The number of nitrogens with zero attached hydrogens (tertiary/aromatic N) is 5. The SMILES string of the molecule is N#Cc1ccnc(N2CCC[C@@]3(CCC(=O)N(CCc4cnc[nH]4)C3)C2)c1. The second kappa shape index (κ2) is 7.39. The first-order chi connectivity index (χ1) is 13.2. The van der Waals surface area contributed by atoms with Crippen LogP contribution in [-0.4, -0.2) is 51.9 Å². The smallest absolute Gasteiger partial charge is 0.222 e. The number of rotatable bonds is 4. The molecule has 4 heterocycles. The minimum atomic E-state index is 0.116. The molecule has 1 N–H and O–H groups in total. The number of anilines is 1. The minimum absolute atomic E-state index is 0.116. The number of amides is 1. The lowest BCUT2D eigenvalue weighted by Crippen LogP contribution is -2.54. The summed E-state index contributed by atoms with van der Waals surface area (Å²) >= 11 is 0. The van der Waals surface area contributed by atoms with E-state index in [0.29, 0.717) is 12.0 Å². The number of carbonyl (C=O) groups is 1. The summed E-state index contributed by atoms with van der Waals surface area (Å²) in [6.07, 6.45) is 9.77. The Morgan fingerprint density at radius 1 is 1.33 bits per heavy atom. The zero-order chi connectivity index (χ0) is 18.7. The van der Waals surface area contributed by atoms with Gasteiger partial charge in [0, 0.05) is 62.5 Å². The van der Waals surface area contributed by atoms with Crippen molar-refractivity contribution < 1.29 is 4.79 Å². The van der Waals surface area contributed by atoms with Gasteiger partial charge in [0.1, 0.15) is 5.82 Å². The fourth-order valence-corrected chi connectivity index (χ4v) is 4.38. The quantitative estimate of drug-likeness (QED) is 0.898. The number of nitriles is 1. The van der Waals surface area contributed by atoms with Gasteiger partial charge in [-0.25, -0.2) is 9.97 Å². The molecular formula is C20H24N6O. The molecule has 140 valence electrons. The molecule has 2 aliphatic rings. The molecule has 7 nitrogen and oxygen atoms in total. The van der Waals surface area contributed by atoms with Crippen LogP contribution < -0.4 is 4.90 Å². The number of imidazole rings is 1. The standard InChI is InChI=1S/C20H24N6O/c21-11-16-3-7-23-18(10-16)25-8-1-5-20(13-25)6-2-19(27)26(14-20)9-4-17-12-22-15-24-17/h3,7,10,12,15H,1-2,4-6,8-9,13-14H2,(H,22,24)/t20-/m1/s1. The van der Waals surface area contributed by atoms with Crippen molar-refractivity contribution in [2.45, 2.75) is 32.1 Å². The second-order valence-electron chi connectivity index (χ2n) is 7.68. The van der Waals surface area contributed by atoms with E-state index < -0.39 is 0 Å². The van der Waals surface area contributed by atoms with Crippen molar-refractivity contribution >= 4 is 11.7 Å². The zero-order valence-corrected chi connectivity index (χ0v) is 15.4. The minimum Gasteiger partial charge on any atom is -0.356 e. The number of carbonyl (C=O) groups excluding carboxylic acids is 1. The molecule has 0 unspecified atom stereocenters. The van der Waals surface area contributed by atoms with Gasteiger partial charge in [-0.2, -0.15) is 5.26 Å². The Labute approximate surface area is 159 Å². The van der Waals surface area contributed by atoms with Gasteiger partial charge < -0.3 is 14.8 Å². The highest BCUT2D eigenvalue weighted by molar-refractivity contribution is 5.77. The maximum absolute atomic E-state index is 12.5. The van der Waals surface area contributed by atoms with Gasteiger partial charge in [0.05, 0.1) is 18.0 Å². The molecule has 2 aromatic heterocycles. The predicted octanol–water partition coefficient (Wildman–Crippen LogP) is 2.13. The Bertz CT molecular complexity index is 842. The second-order valence-corrected chi connectivity index (χ2v) is 7.68. The maximum atomic E-state index is 12.5. The molecule has 2 aromatic rings. The monoisotopic (exact) mass is 364 g/mol. The number of pyridine rings is 1. The van der Waals surface area contributed by atoms with E-state index in [1.807, 2.05) is 17.2 Å². The lowest BCUT2D eigenvalue weighted by Gasteiger charge is -2.48. The number of H-pyrrole nitrogens is 1. The molecule has 0 bridgehead atoms. The van der Waals surface area contributed by atoms with Gasteiger partial charge in [0.15, 0.2) is 0 Å². The van der Waals surface area contributed by atoms with Crippen LogP contribution in [0.2, 0.25) is 0 Å². The van der Waals surface area contributed by atoms with Crippen molar-refractivity contribution in [1.82, 2.24) is 19.9 Å². The summed E-state index contributed by atoms with van der Waals surface area (Å²) in [5.74, 6) is 1.12. The van der Waals surface area contributed by atoms with Gasteiger partial charge >= 0.3 is 0 Å². The lowest BCUT2D eigenvalue weighted by atomic mass is 9.73. The Morgan fingerprint density at radius 2 is 2.26 bits per heavy atom. The van der Waals surface area contributed by atoms with Gasteiger partial charge in [0.25, 0.3) is 0 Å². The van der Waals surface area contributed by atoms with Crippen molar-refractivity contribution in [2.75, 3.05) is 31.1 Å². The Kier molecular flexibility index (Phi) is 4.80. The molecule has 4 rings (SSSR count). The number of aromatic nitrogens is 3. The van der Waals surface area contributed by atoms with Crippen molar-refractivity contribution in [2.24, 2.45) is 5.41 Å². The maximum Gasteiger partial charge on any atom is 0.222 e. The average molecular weight is 364 g/mol. The van der Waals surface area contributed by atoms with Crippen LogP contribution in [0.25, 0.3) is 0 Å². The van der Waals surface area contributed by atoms with Crippen LogP contribution in [0, 0.1) is 16.7 Å². The van der Waals surface area contributed by atoms with Gasteiger partial charge in [-0.1, -0.05) is 0 Å². The third-order valence-corrected chi connectivity index (χ3v) is 5.81. The van der Waals surface area contributed by atoms with Gasteiger partial charge in [0.2, 0.25) is 5.91 Å². The molecular weight excluding hydrogens is 340 g/mol. The molecule has 2 aliphatic heterocycles. The van der Waals surface area contributed by atoms with E-state index in [9.17, 15) is 4.79 Å². The van der Waals surface area contributed by atoms with E-state index >= 15 is 0 Å². The van der Waals surface area contributed by atoms with E-state index in [1.54, 1.807) is 18.6 Å². The summed E-state index contributed by atoms with van der Waals surface area (Å²) in [7, 11) is 0. The fourth-order valence-electron chi connectivity index (χ4n) is 4.38. The summed E-state index contributed by atoms with van der Waals surface area (Å²) in [5, 5.41) is 9.16. The van der Waals surface area contributed by atoms with E-state index in [-0.39, 0.29) is 11.3 Å². The van der Waals surface area contributed by atoms with Crippen LogP contribution in [0.15, 0.2) is 30.9 Å². The van der Waals surface area contributed by atoms with Crippen molar-refractivity contribution in [1.29, 1.82) is 5.26 Å². The molecule has 0 saturated carbocycles. The largest absolute Gasteiger partial charge is 0.356 e. The third-order valence-electron chi connectivity index (χ3n) is 5.81. The Morgan fingerprint density at radius 3 is 3.07 bits per heavy atom. The molecule has 1 amide bonds. The average Bonchev–Trinajstić information content (AvgIpc) is 3.23. The number of hydrogen-bond donors (Lipinski definition) is 1. The van der Waals surface area contributed by atoms with Crippen LogP contribution in [-0.2, 0) is 11.2 Å². The van der Waals surface area contributed by atoms with Gasteiger partial charge in [-0.05, 0) is 31.4 Å². The van der Waals surface area contributed by atoms with Gasteiger partial charge in [-0.3, -0.25) is 4.79 Å². The first-order valence-electron chi connectivity index (χ1n) is 9.54. The molecule has 2 fully saturated rings. The number of likely N-dealkylation sites (tertiary alicyclic amines) is 1. The van der Waals surface area contributed by atoms with Crippen LogP contribution in [0.5, 0.6) is 0 Å². The Hall–Kier alpha value is -2.88. The zero-order valence-electron chi connectivity index (χ0n) is 15.4. The van der Waals surface area contributed by atoms with Crippen LogP contribution in [0.3, 0.4) is 0 Å². The molecule has 0 radical (unpaired) electrons. The summed E-state index contributed by atoms with van der Waals surface area (Å²) < 4.78 is 0. The molecule has 7 heteroatoms. The van der Waals surface area contributed by atoms with E-state index in [4.69, 9.17) is 5.26 Å². The molecule has 1 atom stereocenters. The third kappa shape index (κ3) is 3.80. The van der Waals surface area contributed by atoms with E-state index in [0.717, 1.165) is 63.4 Å². The summed E-state index contributed by atoms with van der Waals surface area (Å²) in [6.45, 7) is 3.37. The molecule has 0 aromatic carbocycles. The lowest BCUT2D eigenvalue weighted by molar-refractivity contribution is -0.137. The fraction of sp³-hybridized carbons (Fsp3) is 0.500. The molecule has 27 heavy (non-hydrogen) atoms.